The van der Waals surface area contributed by atoms with Gasteiger partial charge in [-0.2, -0.15) is 0 Å². The lowest BCUT2D eigenvalue weighted by Crippen LogP contribution is -2.14. The van der Waals surface area contributed by atoms with Gasteiger partial charge in [0.1, 0.15) is 28.8 Å². The zero-order chi connectivity index (χ0) is 44.8. The molecule has 3 aromatic carbocycles. The maximum absolute atomic E-state index is 12.8. The molecule has 0 saturated heterocycles. The van der Waals surface area contributed by atoms with Crippen LogP contribution in [0.15, 0.2) is 145 Å². The lowest BCUT2D eigenvalue weighted by molar-refractivity contribution is -0.138. The Morgan fingerprint density at radius 2 is 0.810 bits per heavy atom. The number of allylic oxidation sites excluding steroid dienone is 7. The molecule has 0 bridgehead atoms. The molecule has 328 valence electrons. The third kappa shape index (κ3) is 15.8. The van der Waals surface area contributed by atoms with Crippen molar-refractivity contribution in [2.24, 2.45) is 0 Å². The van der Waals surface area contributed by atoms with Crippen LogP contribution in [-0.4, -0.2) is 62.2 Å². The zero-order valence-corrected chi connectivity index (χ0v) is 34.7. The molecule has 3 aromatic rings. The first-order valence-corrected chi connectivity index (χ1v) is 20.4. The van der Waals surface area contributed by atoms with E-state index < -0.39 is 35.8 Å². The standard InChI is InChI=1S/C49H48O14/c1-3-44(50)58-32-7-5-6-30-56-38-18-10-34(11-19-38)46(52)60-40-22-14-36(15-23-40)48(54)62-42-26-28-43(29-27-42)63-49(55)37-16-24-41(25-17-37)61-47(53)35-12-20-39(21-13-35)57-31-8-9-33-59-45(51)4-2/h3-4,10-12,14-20,22-26,28H,1-2,5-9,13,21,27,29-33H2. The van der Waals surface area contributed by atoms with Gasteiger partial charge in [-0.05, 0) is 136 Å². The van der Waals surface area contributed by atoms with E-state index in [9.17, 15) is 28.8 Å². The van der Waals surface area contributed by atoms with Crippen LogP contribution in [0.5, 0.6) is 17.2 Å². The topological polar surface area (TPSA) is 176 Å². The Bertz CT molecular complexity index is 2240. The first kappa shape index (κ1) is 46.6. The predicted molar refractivity (Wildman–Crippen MR) is 228 cm³/mol. The van der Waals surface area contributed by atoms with Crippen molar-refractivity contribution in [3.8, 4) is 17.2 Å². The molecule has 0 aliphatic heterocycles. The van der Waals surface area contributed by atoms with Crippen LogP contribution in [0.2, 0.25) is 0 Å². The SMILES string of the molecule is C=CC(=O)OCCCCCOc1ccc(C(=O)Oc2ccc(C(=O)OC3=CC=C(OC(=O)c4ccc(OC(=O)C5=CC=C(OCCCCOC(=O)C=C)CC5)cc4)CC3)cc2)cc1. The van der Waals surface area contributed by atoms with Gasteiger partial charge in [-0.15, -0.1) is 0 Å². The molecular weight excluding hydrogens is 813 g/mol. The Hall–Kier alpha value is -7.48. The summed E-state index contributed by atoms with van der Waals surface area (Å²) < 4.78 is 43.4. The molecule has 0 heterocycles. The van der Waals surface area contributed by atoms with Gasteiger partial charge in [-0.1, -0.05) is 13.2 Å². The Kier molecular flexibility index (Phi) is 18.3. The second-order valence-electron chi connectivity index (χ2n) is 13.9. The maximum Gasteiger partial charge on any atom is 0.343 e. The summed E-state index contributed by atoms with van der Waals surface area (Å²) in [6.45, 7) is 8.27. The number of hydrogen-bond acceptors (Lipinski definition) is 14. The van der Waals surface area contributed by atoms with Crippen molar-refractivity contribution in [2.75, 3.05) is 26.4 Å². The Morgan fingerprint density at radius 3 is 1.29 bits per heavy atom. The molecule has 2 aliphatic carbocycles. The highest BCUT2D eigenvalue weighted by molar-refractivity contribution is 5.93. The van der Waals surface area contributed by atoms with Gasteiger partial charge < -0.3 is 37.9 Å². The zero-order valence-electron chi connectivity index (χ0n) is 34.7. The first-order valence-electron chi connectivity index (χ1n) is 20.4. The van der Waals surface area contributed by atoms with Crippen molar-refractivity contribution in [1.29, 1.82) is 0 Å². The van der Waals surface area contributed by atoms with E-state index in [2.05, 4.69) is 13.2 Å². The number of benzene rings is 3. The fraction of sp³-hybridized carbons (Fsp3) is 0.265. The number of esters is 6. The van der Waals surface area contributed by atoms with Gasteiger partial charge in [-0.25, -0.2) is 28.8 Å². The summed E-state index contributed by atoms with van der Waals surface area (Å²) in [6.07, 6.45) is 14.1. The normalized spacial score (nSPS) is 13.0. The first-order chi connectivity index (χ1) is 30.6. The van der Waals surface area contributed by atoms with Gasteiger partial charge in [0.15, 0.2) is 0 Å². The molecular formula is C49H48O14. The van der Waals surface area contributed by atoms with Gasteiger partial charge in [0.05, 0.1) is 48.9 Å². The van der Waals surface area contributed by atoms with Crippen LogP contribution in [0.3, 0.4) is 0 Å². The van der Waals surface area contributed by atoms with Crippen LogP contribution in [0.1, 0.15) is 88.9 Å². The summed E-state index contributed by atoms with van der Waals surface area (Å²) in [4.78, 5) is 73.2. The van der Waals surface area contributed by atoms with Crippen LogP contribution >= 0.6 is 0 Å². The van der Waals surface area contributed by atoms with Crippen molar-refractivity contribution in [3.05, 3.63) is 162 Å². The molecule has 0 aromatic heterocycles. The molecule has 0 N–H and O–H groups in total. The Labute approximate surface area is 365 Å². The highest BCUT2D eigenvalue weighted by atomic mass is 16.6. The van der Waals surface area contributed by atoms with E-state index in [0.717, 1.165) is 37.2 Å². The molecule has 14 nitrogen and oxygen atoms in total. The minimum absolute atomic E-state index is 0.240. The van der Waals surface area contributed by atoms with Gasteiger partial charge in [0.25, 0.3) is 0 Å². The monoisotopic (exact) mass is 860 g/mol. The van der Waals surface area contributed by atoms with Crippen molar-refractivity contribution in [3.63, 3.8) is 0 Å². The molecule has 0 amide bonds. The molecule has 0 unspecified atom stereocenters. The van der Waals surface area contributed by atoms with Crippen molar-refractivity contribution in [2.45, 2.75) is 57.8 Å². The Balaban J connectivity index is 0.991. The summed E-state index contributed by atoms with van der Waals surface area (Å²) >= 11 is 0. The van der Waals surface area contributed by atoms with Crippen molar-refractivity contribution < 1.29 is 66.7 Å². The maximum atomic E-state index is 12.8. The van der Waals surface area contributed by atoms with Gasteiger partial charge in [0.2, 0.25) is 0 Å². The van der Waals surface area contributed by atoms with E-state index in [0.29, 0.717) is 93.4 Å². The minimum Gasteiger partial charge on any atom is -0.498 e. The third-order valence-electron chi connectivity index (χ3n) is 9.29. The summed E-state index contributed by atoms with van der Waals surface area (Å²) in [6, 6.07) is 18.5. The van der Waals surface area contributed by atoms with E-state index in [1.807, 2.05) is 0 Å². The van der Waals surface area contributed by atoms with Crippen molar-refractivity contribution in [1.82, 2.24) is 0 Å². The van der Waals surface area contributed by atoms with Gasteiger partial charge >= 0.3 is 35.8 Å². The van der Waals surface area contributed by atoms with E-state index in [4.69, 9.17) is 37.9 Å². The number of carbonyl (C=O) groups is 6. The minimum atomic E-state index is -0.607. The summed E-state index contributed by atoms with van der Waals surface area (Å²) in [7, 11) is 0. The molecule has 63 heavy (non-hydrogen) atoms. The molecule has 0 saturated carbocycles. The van der Waals surface area contributed by atoms with E-state index in [1.54, 1.807) is 48.6 Å². The molecule has 0 atom stereocenters. The number of carbonyl (C=O) groups excluding carboxylic acids is 6. The van der Waals surface area contributed by atoms with E-state index in [1.165, 1.54) is 48.5 Å². The van der Waals surface area contributed by atoms with E-state index >= 15 is 0 Å². The average molecular weight is 861 g/mol. The highest BCUT2D eigenvalue weighted by Crippen LogP contribution is 2.25. The summed E-state index contributed by atoms with van der Waals surface area (Å²) in [5.74, 6) is -0.554. The summed E-state index contributed by atoms with van der Waals surface area (Å²) in [5, 5.41) is 0. The lowest BCUT2D eigenvalue weighted by atomic mass is 10.0. The fourth-order valence-corrected chi connectivity index (χ4v) is 5.82. The van der Waals surface area contributed by atoms with Crippen molar-refractivity contribution >= 4 is 35.8 Å². The van der Waals surface area contributed by atoms with Crippen LogP contribution in [0.25, 0.3) is 0 Å². The Morgan fingerprint density at radius 1 is 0.413 bits per heavy atom. The van der Waals surface area contributed by atoms with Crippen LogP contribution in [-0.2, 0) is 38.1 Å². The molecule has 0 radical (unpaired) electrons. The average Bonchev–Trinajstić information content (AvgIpc) is 3.31. The second-order valence-corrected chi connectivity index (χ2v) is 13.9. The number of rotatable bonds is 23. The number of ether oxygens (including phenoxy) is 8. The smallest absolute Gasteiger partial charge is 0.343 e. The number of hydrogen-bond donors (Lipinski definition) is 0. The molecule has 0 fully saturated rings. The van der Waals surface area contributed by atoms with Gasteiger partial charge in [0, 0.05) is 37.0 Å². The van der Waals surface area contributed by atoms with E-state index in [-0.39, 0.29) is 22.6 Å². The molecule has 5 rings (SSSR count). The van der Waals surface area contributed by atoms with Crippen LogP contribution in [0.4, 0.5) is 0 Å². The molecule has 0 spiro atoms. The largest absolute Gasteiger partial charge is 0.498 e. The fourth-order valence-electron chi connectivity index (χ4n) is 5.82. The van der Waals surface area contributed by atoms with Crippen LogP contribution < -0.4 is 14.2 Å². The quantitative estimate of drug-likeness (QED) is 0.0291. The molecule has 2 aliphatic rings. The number of unbranched alkanes of at least 4 members (excludes halogenated alkanes) is 3. The second kappa shape index (κ2) is 24.7. The lowest BCUT2D eigenvalue weighted by Gasteiger charge is -2.16. The summed E-state index contributed by atoms with van der Waals surface area (Å²) in [5.41, 5.74) is 1.30. The third-order valence-corrected chi connectivity index (χ3v) is 9.29. The predicted octanol–water partition coefficient (Wildman–Crippen LogP) is 8.80. The highest BCUT2D eigenvalue weighted by Gasteiger charge is 2.20. The van der Waals surface area contributed by atoms with Crippen LogP contribution in [0, 0.1) is 0 Å². The molecule has 14 heteroatoms. The van der Waals surface area contributed by atoms with Gasteiger partial charge in [-0.3, -0.25) is 0 Å².